The zero-order chi connectivity index (χ0) is 50.4. The van der Waals surface area contributed by atoms with Gasteiger partial charge in [-0.2, -0.15) is 0 Å². The summed E-state index contributed by atoms with van der Waals surface area (Å²) < 4.78 is 17.6. The number of esters is 1. The number of ether oxygens (including phenoxy) is 3. The Hall–Kier alpha value is -1.60. The fraction of sp³-hybridized carbons (Fsp3) is 0.931. The van der Waals surface area contributed by atoms with Crippen LogP contribution in [0.2, 0.25) is 0 Å². The van der Waals surface area contributed by atoms with Crippen molar-refractivity contribution in [2.75, 3.05) is 13.2 Å². The lowest BCUT2D eigenvalue weighted by atomic mass is 9.99. The molecule has 69 heavy (non-hydrogen) atoms. The molecule has 1 fully saturated rings. The molecule has 0 aromatic heterocycles. The normalized spacial score (nSPS) is 19.8. The number of amides is 1. The molecule has 1 aliphatic rings. The van der Waals surface area contributed by atoms with E-state index in [1.807, 2.05) is 6.08 Å². The molecule has 0 saturated carbocycles. The van der Waals surface area contributed by atoms with Crippen molar-refractivity contribution >= 4 is 11.9 Å². The molecule has 1 aliphatic heterocycles. The van der Waals surface area contributed by atoms with Crippen LogP contribution in [0.4, 0.5) is 0 Å². The van der Waals surface area contributed by atoms with Crippen LogP contribution in [0.15, 0.2) is 12.2 Å². The molecular formula is C58H111NO10. The van der Waals surface area contributed by atoms with Gasteiger partial charge >= 0.3 is 5.97 Å². The van der Waals surface area contributed by atoms with E-state index in [2.05, 4.69) is 26.1 Å². The summed E-state index contributed by atoms with van der Waals surface area (Å²) in [6.45, 7) is 5.78. The number of carbonyl (C=O) groups excluding carboxylic acids is 2. The van der Waals surface area contributed by atoms with Gasteiger partial charge in [-0.05, 0) is 25.7 Å². The van der Waals surface area contributed by atoms with Crippen LogP contribution in [0.1, 0.15) is 284 Å². The Balaban J connectivity index is 2.64. The van der Waals surface area contributed by atoms with Crippen LogP contribution in [0.3, 0.4) is 0 Å². The van der Waals surface area contributed by atoms with Crippen LogP contribution in [-0.4, -0.2) is 99.6 Å². The highest BCUT2D eigenvalue weighted by Gasteiger charge is 2.47. The van der Waals surface area contributed by atoms with Gasteiger partial charge in [0.05, 0.1) is 25.4 Å². The topological polar surface area (TPSA) is 175 Å². The lowest BCUT2D eigenvalue weighted by Crippen LogP contribution is -2.61. The Labute approximate surface area is 423 Å². The molecule has 0 aliphatic carbocycles. The summed E-state index contributed by atoms with van der Waals surface area (Å²) in [6.07, 6.45) is 41.2. The molecule has 6 N–H and O–H groups in total. The first-order valence-corrected chi connectivity index (χ1v) is 29.5. The minimum Gasteiger partial charge on any atom is -0.454 e. The van der Waals surface area contributed by atoms with Crippen LogP contribution < -0.4 is 5.32 Å². The Kier molecular flexibility index (Phi) is 44.9. The van der Waals surface area contributed by atoms with E-state index >= 15 is 0 Å². The van der Waals surface area contributed by atoms with Crippen LogP contribution in [0, 0.1) is 0 Å². The summed E-state index contributed by atoms with van der Waals surface area (Å²) >= 11 is 0. The second kappa shape index (κ2) is 47.4. The first kappa shape index (κ1) is 65.4. The summed E-state index contributed by atoms with van der Waals surface area (Å²) in [5.74, 6) is -1.18. The summed E-state index contributed by atoms with van der Waals surface area (Å²) in [6, 6.07) is -1.01. The second-order valence-corrected chi connectivity index (χ2v) is 20.7. The maximum Gasteiger partial charge on any atom is 0.306 e. The number of carbonyl (C=O) groups is 2. The van der Waals surface area contributed by atoms with Crippen molar-refractivity contribution in [2.45, 2.75) is 333 Å². The molecule has 0 bridgehead atoms. The van der Waals surface area contributed by atoms with E-state index < -0.39 is 67.4 Å². The van der Waals surface area contributed by atoms with E-state index in [1.165, 1.54) is 180 Å². The Morgan fingerprint density at radius 2 is 0.942 bits per heavy atom. The van der Waals surface area contributed by atoms with Gasteiger partial charge in [-0.15, -0.1) is 0 Å². The van der Waals surface area contributed by atoms with Gasteiger partial charge in [-0.25, -0.2) is 0 Å². The molecule has 0 aromatic carbocycles. The average Bonchev–Trinajstić information content (AvgIpc) is 3.34. The fourth-order valence-corrected chi connectivity index (χ4v) is 9.48. The van der Waals surface area contributed by atoms with Crippen molar-refractivity contribution < 1.29 is 49.3 Å². The van der Waals surface area contributed by atoms with Crippen molar-refractivity contribution in [3.63, 3.8) is 0 Å². The van der Waals surface area contributed by atoms with Crippen LogP contribution >= 0.6 is 0 Å². The SMILES string of the molecule is CCCCCCCCCCC/C=C/C(O)C(COC1OC(CO)C(O)C(O)C1OC(=O)CCCCCCCCCCCCCCCCCCCCC)NC(=O)C(O)CCCCCCCCCCCC. The smallest absolute Gasteiger partial charge is 0.306 e. The third-order valence-corrected chi connectivity index (χ3v) is 14.2. The molecule has 8 unspecified atom stereocenters. The van der Waals surface area contributed by atoms with Gasteiger partial charge in [0, 0.05) is 6.42 Å². The van der Waals surface area contributed by atoms with Crippen molar-refractivity contribution in [1.29, 1.82) is 0 Å². The van der Waals surface area contributed by atoms with Crippen molar-refractivity contribution in [2.24, 2.45) is 0 Å². The molecule has 0 radical (unpaired) electrons. The first-order valence-electron chi connectivity index (χ1n) is 29.5. The molecule has 11 heteroatoms. The third-order valence-electron chi connectivity index (χ3n) is 14.2. The largest absolute Gasteiger partial charge is 0.454 e. The van der Waals surface area contributed by atoms with E-state index in [0.29, 0.717) is 19.3 Å². The third kappa shape index (κ3) is 36.1. The minimum atomic E-state index is -1.60. The maximum atomic E-state index is 13.3. The molecule has 1 amide bonds. The summed E-state index contributed by atoms with van der Waals surface area (Å²) in [5, 5.41) is 56.7. The van der Waals surface area contributed by atoms with Crippen molar-refractivity contribution in [3.8, 4) is 0 Å². The Morgan fingerprint density at radius 3 is 1.36 bits per heavy atom. The number of hydrogen-bond acceptors (Lipinski definition) is 10. The fourth-order valence-electron chi connectivity index (χ4n) is 9.48. The van der Waals surface area contributed by atoms with Gasteiger partial charge in [-0.3, -0.25) is 9.59 Å². The summed E-state index contributed by atoms with van der Waals surface area (Å²) in [4.78, 5) is 26.4. The molecule has 0 spiro atoms. The maximum absolute atomic E-state index is 13.3. The second-order valence-electron chi connectivity index (χ2n) is 20.7. The minimum absolute atomic E-state index is 0.131. The zero-order valence-corrected chi connectivity index (χ0v) is 45.0. The molecule has 1 rings (SSSR count). The van der Waals surface area contributed by atoms with E-state index in [0.717, 1.165) is 57.8 Å². The molecular weight excluding hydrogens is 871 g/mol. The number of aliphatic hydroxyl groups is 5. The van der Waals surface area contributed by atoms with E-state index in [1.54, 1.807) is 6.08 Å². The highest BCUT2D eigenvalue weighted by atomic mass is 16.7. The predicted octanol–water partition coefficient (Wildman–Crippen LogP) is 13.2. The van der Waals surface area contributed by atoms with Crippen molar-refractivity contribution in [3.05, 3.63) is 12.2 Å². The van der Waals surface area contributed by atoms with Crippen LogP contribution in [0.5, 0.6) is 0 Å². The number of aliphatic hydroxyl groups excluding tert-OH is 5. The average molecular weight is 983 g/mol. The molecule has 8 atom stereocenters. The highest BCUT2D eigenvalue weighted by molar-refractivity contribution is 5.80. The number of nitrogens with one attached hydrogen (secondary N) is 1. The molecule has 1 saturated heterocycles. The number of hydrogen-bond donors (Lipinski definition) is 6. The lowest BCUT2D eigenvalue weighted by Gasteiger charge is -2.41. The van der Waals surface area contributed by atoms with Gasteiger partial charge in [0.15, 0.2) is 12.4 Å². The monoisotopic (exact) mass is 982 g/mol. The Bertz CT molecular complexity index is 1170. The van der Waals surface area contributed by atoms with Gasteiger partial charge < -0.3 is 45.1 Å². The molecule has 11 nitrogen and oxygen atoms in total. The van der Waals surface area contributed by atoms with E-state index in [4.69, 9.17) is 14.2 Å². The summed E-state index contributed by atoms with van der Waals surface area (Å²) in [5.41, 5.74) is 0. The van der Waals surface area contributed by atoms with E-state index in [9.17, 15) is 35.1 Å². The standard InChI is InChI=1S/C58H111NO10/c1-4-7-10-13-16-19-22-23-24-25-26-27-28-29-31-34-37-40-43-46-53(63)69-56-55(65)54(64)52(47-60)68-58(56)67-48-49(50(61)44-41-38-35-33-30-20-17-14-11-8-5-2)59-57(66)51(62)45-42-39-36-32-21-18-15-12-9-6-3/h41,44,49-52,54-56,58,60-62,64-65H,4-40,42-43,45-48H2,1-3H3,(H,59,66)/b44-41+. The van der Waals surface area contributed by atoms with Gasteiger partial charge in [0.1, 0.15) is 24.4 Å². The summed E-state index contributed by atoms with van der Waals surface area (Å²) in [7, 11) is 0. The quantitative estimate of drug-likeness (QED) is 0.0195. The zero-order valence-electron chi connectivity index (χ0n) is 45.0. The lowest BCUT2D eigenvalue weighted by molar-refractivity contribution is -0.305. The highest BCUT2D eigenvalue weighted by Crippen LogP contribution is 2.26. The van der Waals surface area contributed by atoms with Gasteiger partial charge in [-0.1, -0.05) is 264 Å². The van der Waals surface area contributed by atoms with Crippen molar-refractivity contribution in [1.82, 2.24) is 5.32 Å². The molecule has 1 heterocycles. The predicted molar refractivity (Wildman–Crippen MR) is 283 cm³/mol. The van der Waals surface area contributed by atoms with E-state index in [-0.39, 0.29) is 13.0 Å². The number of rotatable bonds is 50. The number of allylic oxidation sites excluding steroid dienone is 1. The van der Waals surface area contributed by atoms with Crippen LogP contribution in [0.25, 0.3) is 0 Å². The molecule has 0 aromatic rings. The number of unbranched alkanes of at least 4 members (excludes halogenated alkanes) is 36. The first-order chi connectivity index (χ1) is 33.7. The Morgan fingerprint density at radius 1 is 0.551 bits per heavy atom. The molecule has 408 valence electrons. The van der Waals surface area contributed by atoms with Crippen LogP contribution in [-0.2, 0) is 23.8 Å². The van der Waals surface area contributed by atoms with Gasteiger partial charge in [0.2, 0.25) is 5.91 Å². The van der Waals surface area contributed by atoms with Gasteiger partial charge in [0.25, 0.3) is 0 Å².